The summed E-state index contributed by atoms with van der Waals surface area (Å²) in [6, 6.07) is 9.89. The number of hydrogen-bond donors (Lipinski definition) is 1. The Morgan fingerprint density at radius 2 is 1.96 bits per heavy atom. The molecule has 1 aromatic carbocycles. The zero-order chi connectivity index (χ0) is 17.9. The van der Waals surface area contributed by atoms with Gasteiger partial charge in [-0.25, -0.2) is 18.4 Å². The number of nitrogens with zero attached hydrogens (tertiary/aromatic N) is 3. The highest BCUT2D eigenvalue weighted by Gasteiger charge is 2.19. The average Bonchev–Trinajstić information content (AvgIpc) is 3.02. The van der Waals surface area contributed by atoms with Crippen LogP contribution in [0.2, 0.25) is 0 Å². The summed E-state index contributed by atoms with van der Waals surface area (Å²) in [4.78, 5) is 8.51. The molecule has 0 spiro atoms. The predicted molar refractivity (Wildman–Crippen MR) is 94.5 cm³/mol. The third-order valence-corrected chi connectivity index (χ3v) is 4.93. The highest BCUT2D eigenvalue weighted by Crippen LogP contribution is 2.25. The van der Waals surface area contributed by atoms with Gasteiger partial charge < -0.3 is 4.74 Å². The van der Waals surface area contributed by atoms with E-state index in [4.69, 9.17) is 4.74 Å². The van der Waals surface area contributed by atoms with Gasteiger partial charge >= 0.3 is 0 Å². The van der Waals surface area contributed by atoms with Crippen LogP contribution in [-0.2, 0) is 10.0 Å². The number of sulfonamides is 1. The minimum Gasteiger partial charge on any atom is -0.492 e. The molecule has 0 fully saturated rings. The van der Waals surface area contributed by atoms with Crippen LogP contribution in [0.1, 0.15) is 12.7 Å². The molecule has 0 bridgehead atoms. The van der Waals surface area contributed by atoms with E-state index >= 15 is 0 Å². The van der Waals surface area contributed by atoms with Crippen LogP contribution in [0.5, 0.6) is 5.75 Å². The normalized spacial score (nSPS) is 11.3. The topological polar surface area (TPSA) is 86.1 Å². The number of ether oxygens (including phenoxy) is 1. The molecule has 0 amide bonds. The fourth-order valence-electron chi connectivity index (χ4n) is 2.37. The molecule has 0 aliphatic rings. The second-order valence-electron chi connectivity index (χ2n) is 5.23. The quantitative estimate of drug-likeness (QED) is 0.732. The number of aryl methyl sites for hydroxylation is 1. The van der Waals surface area contributed by atoms with E-state index in [1.165, 1.54) is 12.3 Å². The maximum Gasteiger partial charge on any atom is 0.265 e. The summed E-state index contributed by atoms with van der Waals surface area (Å²) in [5, 5.41) is 0. The molecule has 3 aromatic rings. The van der Waals surface area contributed by atoms with Crippen LogP contribution in [-0.4, -0.2) is 29.6 Å². The summed E-state index contributed by atoms with van der Waals surface area (Å²) in [7, 11) is -3.78. The predicted octanol–water partition coefficient (Wildman–Crippen LogP) is 2.78. The van der Waals surface area contributed by atoms with Crippen molar-refractivity contribution in [2.24, 2.45) is 0 Å². The van der Waals surface area contributed by atoms with E-state index in [0.29, 0.717) is 23.9 Å². The number of aromatic nitrogens is 3. The standard InChI is InChI=1S/C17H18N4O3S/c1-3-24-15-6-4-5-7-16(15)25(22,23)20-14-8-9-17(19-12-14)21-11-10-18-13(21)2/h4-12,20H,3H2,1-2H3. The third-order valence-electron chi connectivity index (χ3n) is 3.51. The summed E-state index contributed by atoms with van der Waals surface area (Å²) in [5.74, 6) is 1.77. The van der Waals surface area contributed by atoms with Gasteiger partial charge in [0.25, 0.3) is 10.0 Å². The first-order valence-electron chi connectivity index (χ1n) is 7.72. The van der Waals surface area contributed by atoms with E-state index in [0.717, 1.165) is 5.82 Å². The first kappa shape index (κ1) is 17.0. The minimum atomic E-state index is -3.78. The van der Waals surface area contributed by atoms with Gasteiger partial charge in [0.15, 0.2) is 0 Å². The molecular weight excluding hydrogens is 340 g/mol. The van der Waals surface area contributed by atoms with E-state index in [9.17, 15) is 8.42 Å². The fraction of sp³-hybridized carbons (Fsp3) is 0.176. The van der Waals surface area contributed by atoms with Gasteiger partial charge in [0.2, 0.25) is 0 Å². The second-order valence-corrected chi connectivity index (χ2v) is 6.89. The Bertz CT molecular complexity index is 966. The molecule has 0 unspecified atom stereocenters. The first-order valence-corrected chi connectivity index (χ1v) is 9.20. The highest BCUT2D eigenvalue weighted by atomic mass is 32.2. The van der Waals surface area contributed by atoms with Gasteiger partial charge in [0.1, 0.15) is 22.3 Å². The number of imidazole rings is 1. The zero-order valence-corrected chi connectivity index (χ0v) is 14.7. The number of hydrogen-bond acceptors (Lipinski definition) is 5. The number of rotatable bonds is 6. The Morgan fingerprint density at radius 3 is 2.60 bits per heavy atom. The molecule has 7 nitrogen and oxygen atoms in total. The van der Waals surface area contributed by atoms with Gasteiger partial charge in [-0.3, -0.25) is 9.29 Å². The summed E-state index contributed by atoms with van der Waals surface area (Å²) in [6.45, 7) is 4.05. The van der Waals surface area contributed by atoms with Crippen LogP contribution in [0.25, 0.3) is 5.82 Å². The number of nitrogens with one attached hydrogen (secondary N) is 1. The van der Waals surface area contributed by atoms with Gasteiger partial charge in [0.05, 0.1) is 18.5 Å². The zero-order valence-electron chi connectivity index (χ0n) is 13.9. The number of para-hydroxylation sites is 1. The lowest BCUT2D eigenvalue weighted by Crippen LogP contribution is -2.14. The van der Waals surface area contributed by atoms with Crippen molar-refractivity contribution in [3.8, 4) is 11.6 Å². The minimum absolute atomic E-state index is 0.0892. The molecule has 0 aliphatic heterocycles. The molecular formula is C17H18N4O3S. The molecule has 0 saturated carbocycles. The summed E-state index contributed by atoms with van der Waals surface area (Å²) in [6.07, 6.45) is 4.94. The summed E-state index contributed by atoms with van der Waals surface area (Å²) >= 11 is 0. The Hall–Kier alpha value is -2.87. The van der Waals surface area contributed by atoms with E-state index < -0.39 is 10.0 Å². The van der Waals surface area contributed by atoms with E-state index in [1.807, 2.05) is 11.5 Å². The van der Waals surface area contributed by atoms with Crippen molar-refractivity contribution in [2.75, 3.05) is 11.3 Å². The monoisotopic (exact) mass is 358 g/mol. The average molecular weight is 358 g/mol. The maximum atomic E-state index is 12.6. The largest absolute Gasteiger partial charge is 0.492 e. The molecule has 130 valence electrons. The molecule has 3 rings (SSSR count). The van der Waals surface area contributed by atoms with Gasteiger partial charge in [-0.15, -0.1) is 0 Å². The molecule has 2 aromatic heterocycles. The van der Waals surface area contributed by atoms with Crippen molar-refractivity contribution in [3.63, 3.8) is 0 Å². The lowest BCUT2D eigenvalue weighted by molar-refractivity contribution is 0.331. The van der Waals surface area contributed by atoms with Gasteiger partial charge in [-0.2, -0.15) is 0 Å². The summed E-state index contributed by atoms with van der Waals surface area (Å²) in [5.41, 5.74) is 0.368. The first-order chi connectivity index (χ1) is 12.0. The van der Waals surface area contributed by atoms with Crippen LogP contribution in [0.4, 0.5) is 5.69 Å². The Kier molecular flexibility index (Phi) is 4.71. The smallest absolute Gasteiger partial charge is 0.265 e. The van der Waals surface area contributed by atoms with E-state index in [1.54, 1.807) is 49.6 Å². The van der Waals surface area contributed by atoms with E-state index in [-0.39, 0.29) is 4.90 Å². The Balaban J connectivity index is 1.86. The van der Waals surface area contributed by atoms with Gasteiger partial charge in [-0.1, -0.05) is 12.1 Å². The number of pyridine rings is 1. The van der Waals surface area contributed by atoms with Crippen molar-refractivity contribution in [1.29, 1.82) is 0 Å². The fourth-order valence-corrected chi connectivity index (χ4v) is 3.56. The SMILES string of the molecule is CCOc1ccccc1S(=O)(=O)Nc1ccc(-n2ccnc2C)nc1. The molecule has 0 aliphatic carbocycles. The van der Waals surface area contributed by atoms with Crippen molar-refractivity contribution in [2.45, 2.75) is 18.7 Å². The Morgan fingerprint density at radius 1 is 1.16 bits per heavy atom. The van der Waals surface area contributed by atoms with Crippen LogP contribution < -0.4 is 9.46 Å². The van der Waals surface area contributed by atoms with Crippen molar-refractivity contribution < 1.29 is 13.2 Å². The second kappa shape index (κ2) is 6.94. The van der Waals surface area contributed by atoms with Crippen molar-refractivity contribution in [3.05, 3.63) is 60.8 Å². The van der Waals surface area contributed by atoms with Crippen LogP contribution in [0.3, 0.4) is 0 Å². The molecule has 8 heteroatoms. The Labute approximate surface area is 146 Å². The summed E-state index contributed by atoms with van der Waals surface area (Å²) < 4.78 is 35.0. The molecule has 0 saturated heterocycles. The number of anilines is 1. The van der Waals surface area contributed by atoms with Gasteiger partial charge in [-0.05, 0) is 38.1 Å². The van der Waals surface area contributed by atoms with Gasteiger partial charge in [0, 0.05) is 12.4 Å². The molecule has 25 heavy (non-hydrogen) atoms. The van der Waals surface area contributed by atoms with Crippen LogP contribution >= 0.6 is 0 Å². The van der Waals surface area contributed by atoms with E-state index in [2.05, 4.69) is 14.7 Å². The van der Waals surface area contributed by atoms with Crippen LogP contribution in [0, 0.1) is 6.92 Å². The molecule has 0 radical (unpaired) electrons. The van der Waals surface area contributed by atoms with Crippen molar-refractivity contribution >= 4 is 15.7 Å². The molecule has 1 N–H and O–H groups in total. The van der Waals surface area contributed by atoms with Crippen LogP contribution in [0.15, 0.2) is 59.9 Å². The lowest BCUT2D eigenvalue weighted by Gasteiger charge is -2.12. The lowest BCUT2D eigenvalue weighted by atomic mass is 10.3. The maximum absolute atomic E-state index is 12.6. The molecule has 0 atom stereocenters. The third kappa shape index (κ3) is 3.63. The van der Waals surface area contributed by atoms with Crippen molar-refractivity contribution in [1.82, 2.24) is 14.5 Å². The molecule has 2 heterocycles. The number of benzene rings is 1. The highest BCUT2D eigenvalue weighted by molar-refractivity contribution is 7.92.